The molecule has 1 atom stereocenters. The van der Waals surface area contributed by atoms with Crippen LogP contribution in [0.15, 0.2) is 12.2 Å². The van der Waals surface area contributed by atoms with Crippen molar-refractivity contribution >= 4 is 11.9 Å². The number of aliphatic hydroxyl groups is 1. The van der Waals surface area contributed by atoms with Gasteiger partial charge in [-0.05, 0) is 27.2 Å². The maximum absolute atomic E-state index is 11.7. The maximum atomic E-state index is 11.7. The lowest BCUT2D eigenvalue weighted by atomic mass is 9.91. The van der Waals surface area contributed by atoms with E-state index in [1.54, 1.807) is 20.8 Å². The number of carbonyl (C=O) groups is 2. The molecule has 0 radical (unpaired) electrons. The van der Waals surface area contributed by atoms with Gasteiger partial charge in [0.15, 0.2) is 0 Å². The van der Waals surface area contributed by atoms with E-state index in [0.29, 0.717) is 12.0 Å². The predicted molar refractivity (Wildman–Crippen MR) is 77.6 cm³/mol. The molecular formula is C15H26O6. The molecule has 0 bridgehead atoms. The number of hydrogen-bond acceptors (Lipinski definition) is 6. The molecule has 21 heavy (non-hydrogen) atoms. The average Bonchev–Trinajstić information content (AvgIpc) is 2.43. The van der Waals surface area contributed by atoms with E-state index >= 15 is 0 Å². The summed E-state index contributed by atoms with van der Waals surface area (Å²) in [6, 6.07) is 0. The Balaban J connectivity index is 3.73. The average molecular weight is 302 g/mol. The van der Waals surface area contributed by atoms with Crippen molar-refractivity contribution in [1.82, 2.24) is 0 Å². The summed E-state index contributed by atoms with van der Waals surface area (Å²) in [5, 5.41) is 9.61. The van der Waals surface area contributed by atoms with E-state index in [-0.39, 0.29) is 32.4 Å². The first kappa shape index (κ1) is 19.6. The third-order valence-corrected chi connectivity index (χ3v) is 2.96. The quantitative estimate of drug-likeness (QED) is 0.374. The maximum Gasteiger partial charge on any atom is 0.333 e. The van der Waals surface area contributed by atoms with Gasteiger partial charge in [0, 0.05) is 5.57 Å². The summed E-state index contributed by atoms with van der Waals surface area (Å²) in [6.07, 6.45) is -0.245. The summed E-state index contributed by atoms with van der Waals surface area (Å²) < 4.78 is 15.0. The number of aliphatic hydroxyl groups excluding tert-OH is 1. The highest BCUT2D eigenvalue weighted by Gasteiger charge is 2.27. The molecule has 0 aromatic rings. The molecule has 0 aliphatic rings. The number of carbonyl (C=O) groups excluding carboxylic acids is 2. The normalized spacial score (nSPS) is 12.6. The molecule has 0 saturated heterocycles. The van der Waals surface area contributed by atoms with Gasteiger partial charge in [0.1, 0.15) is 19.3 Å². The zero-order valence-electron chi connectivity index (χ0n) is 13.3. The van der Waals surface area contributed by atoms with E-state index in [2.05, 4.69) is 6.58 Å². The zero-order chi connectivity index (χ0) is 16.5. The van der Waals surface area contributed by atoms with Crippen LogP contribution in [0.2, 0.25) is 0 Å². The summed E-state index contributed by atoms with van der Waals surface area (Å²) >= 11 is 0. The van der Waals surface area contributed by atoms with Crippen molar-refractivity contribution in [3.8, 4) is 0 Å². The van der Waals surface area contributed by atoms with Gasteiger partial charge in [0.2, 0.25) is 0 Å². The smallest absolute Gasteiger partial charge is 0.333 e. The van der Waals surface area contributed by atoms with Crippen LogP contribution in [-0.4, -0.2) is 49.6 Å². The lowest BCUT2D eigenvalue weighted by Gasteiger charge is -2.21. The standard InChI is InChI=1S/C15H26O6/c1-6-15(4,5)14(18)21-10-12(16)9-19-7-8-20-13(17)11(2)3/h12,16H,2,6-10H2,1,3-5H3. The van der Waals surface area contributed by atoms with Gasteiger partial charge in [-0.1, -0.05) is 13.5 Å². The van der Waals surface area contributed by atoms with Crippen molar-refractivity contribution in [3.05, 3.63) is 12.2 Å². The molecule has 1 unspecified atom stereocenters. The third-order valence-electron chi connectivity index (χ3n) is 2.96. The van der Waals surface area contributed by atoms with Gasteiger partial charge in [-0.25, -0.2) is 4.79 Å². The van der Waals surface area contributed by atoms with Gasteiger partial charge in [0.05, 0.1) is 18.6 Å². The summed E-state index contributed by atoms with van der Waals surface area (Å²) in [5.41, 5.74) is -0.238. The fourth-order valence-corrected chi connectivity index (χ4v) is 1.10. The summed E-state index contributed by atoms with van der Waals surface area (Å²) in [4.78, 5) is 22.7. The van der Waals surface area contributed by atoms with E-state index in [1.807, 2.05) is 6.92 Å². The van der Waals surface area contributed by atoms with E-state index in [1.165, 1.54) is 0 Å². The Kier molecular flexibility index (Phi) is 8.89. The monoisotopic (exact) mass is 302 g/mol. The van der Waals surface area contributed by atoms with Gasteiger partial charge in [0.25, 0.3) is 0 Å². The van der Waals surface area contributed by atoms with Gasteiger partial charge in [-0.3, -0.25) is 4.79 Å². The van der Waals surface area contributed by atoms with Crippen LogP contribution < -0.4 is 0 Å². The second kappa shape index (κ2) is 9.52. The van der Waals surface area contributed by atoms with Crippen LogP contribution >= 0.6 is 0 Å². The second-order valence-electron chi connectivity index (χ2n) is 5.48. The van der Waals surface area contributed by atoms with Crippen molar-refractivity contribution in [2.24, 2.45) is 5.41 Å². The first-order chi connectivity index (χ1) is 9.70. The van der Waals surface area contributed by atoms with Crippen LogP contribution in [0.5, 0.6) is 0 Å². The summed E-state index contributed by atoms with van der Waals surface area (Å²) in [6.45, 7) is 10.6. The largest absolute Gasteiger partial charge is 0.462 e. The molecule has 1 N–H and O–H groups in total. The van der Waals surface area contributed by atoms with Gasteiger partial charge >= 0.3 is 11.9 Å². The highest BCUT2D eigenvalue weighted by Crippen LogP contribution is 2.21. The van der Waals surface area contributed by atoms with Crippen LogP contribution in [0.25, 0.3) is 0 Å². The predicted octanol–water partition coefficient (Wildman–Crippen LogP) is 1.46. The van der Waals surface area contributed by atoms with Crippen LogP contribution in [0.3, 0.4) is 0 Å². The Labute approximate surface area is 126 Å². The van der Waals surface area contributed by atoms with Crippen LogP contribution in [0.4, 0.5) is 0 Å². The zero-order valence-corrected chi connectivity index (χ0v) is 13.3. The minimum absolute atomic E-state index is 0.00442. The topological polar surface area (TPSA) is 82.1 Å². The van der Waals surface area contributed by atoms with Crippen molar-refractivity contribution < 1.29 is 28.9 Å². The Morgan fingerprint density at radius 2 is 1.81 bits per heavy atom. The minimum atomic E-state index is -0.904. The van der Waals surface area contributed by atoms with Crippen molar-refractivity contribution in [2.75, 3.05) is 26.4 Å². The van der Waals surface area contributed by atoms with Crippen molar-refractivity contribution in [3.63, 3.8) is 0 Å². The fraction of sp³-hybridized carbons (Fsp3) is 0.733. The van der Waals surface area contributed by atoms with Gasteiger partial charge < -0.3 is 19.3 Å². The molecule has 0 aliphatic carbocycles. The molecule has 0 spiro atoms. The number of esters is 2. The molecule has 122 valence electrons. The number of hydrogen-bond donors (Lipinski definition) is 1. The van der Waals surface area contributed by atoms with E-state index in [9.17, 15) is 14.7 Å². The molecule has 6 heteroatoms. The lowest BCUT2D eigenvalue weighted by molar-refractivity contribution is -0.158. The summed E-state index contributed by atoms with van der Waals surface area (Å²) in [7, 11) is 0. The Bertz CT molecular complexity index is 361. The fourth-order valence-electron chi connectivity index (χ4n) is 1.10. The molecule has 0 aromatic carbocycles. The Hall–Kier alpha value is -1.40. The minimum Gasteiger partial charge on any atom is -0.462 e. The Morgan fingerprint density at radius 3 is 2.33 bits per heavy atom. The number of rotatable bonds is 10. The van der Waals surface area contributed by atoms with Gasteiger partial charge in [-0.15, -0.1) is 0 Å². The van der Waals surface area contributed by atoms with E-state index < -0.39 is 17.5 Å². The van der Waals surface area contributed by atoms with Gasteiger partial charge in [-0.2, -0.15) is 0 Å². The molecule has 0 heterocycles. The molecule has 0 fully saturated rings. The van der Waals surface area contributed by atoms with Crippen LogP contribution in [0.1, 0.15) is 34.1 Å². The molecular weight excluding hydrogens is 276 g/mol. The Morgan fingerprint density at radius 1 is 1.19 bits per heavy atom. The van der Waals surface area contributed by atoms with Crippen molar-refractivity contribution in [2.45, 2.75) is 40.2 Å². The molecule has 0 aliphatic heterocycles. The van der Waals surface area contributed by atoms with Crippen LogP contribution in [0, 0.1) is 5.41 Å². The van der Waals surface area contributed by atoms with E-state index in [4.69, 9.17) is 14.2 Å². The lowest BCUT2D eigenvalue weighted by Crippen LogP contribution is -2.31. The first-order valence-corrected chi connectivity index (χ1v) is 6.96. The van der Waals surface area contributed by atoms with Crippen LogP contribution in [-0.2, 0) is 23.8 Å². The molecule has 6 nitrogen and oxygen atoms in total. The van der Waals surface area contributed by atoms with E-state index in [0.717, 1.165) is 0 Å². The third kappa shape index (κ3) is 8.47. The second-order valence-corrected chi connectivity index (χ2v) is 5.48. The highest BCUT2D eigenvalue weighted by atomic mass is 16.6. The highest BCUT2D eigenvalue weighted by molar-refractivity contribution is 5.86. The first-order valence-electron chi connectivity index (χ1n) is 6.96. The molecule has 0 saturated carbocycles. The molecule has 0 aromatic heterocycles. The molecule has 0 amide bonds. The summed E-state index contributed by atoms with van der Waals surface area (Å²) in [5.74, 6) is -0.825. The van der Waals surface area contributed by atoms with Crippen molar-refractivity contribution in [1.29, 1.82) is 0 Å². The number of ether oxygens (including phenoxy) is 3. The SMILES string of the molecule is C=C(C)C(=O)OCCOCC(O)COC(=O)C(C)(C)CC. The molecule has 0 rings (SSSR count).